The molecule has 5 nitrogen and oxygen atoms in total. The normalized spacial score (nSPS) is 19.5. The summed E-state index contributed by atoms with van der Waals surface area (Å²) in [5.41, 5.74) is 0.00399. The lowest BCUT2D eigenvalue weighted by atomic mass is 10.00. The lowest BCUT2D eigenvalue weighted by Crippen LogP contribution is -2.42. The SMILES string of the molecule is CCNC(=NCC(C)(O)c1ccsc1)NCCN1CCCCCC1. The Labute approximate surface area is 150 Å². The van der Waals surface area contributed by atoms with Gasteiger partial charge in [0.1, 0.15) is 5.60 Å². The summed E-state index contributed by atoms with van der Waals surface area (Å²) in [5, 5.41) is 21.2. The number of aliphatic hydroxyl groups is 1. The Hall–Kier alpha value is -1.11. The summed E-state index contributed by atoms with van der Waals surface area (Å²) in [7, 11) is 0. The first kappa shape index (κ1) is 19.2. The maximum Gasteiger partial charge on any atom is 0.191 e. The Morgan fingerprint density at radius 1 is 1.29 bits per heavy atom. The fourth-order valence-corrected chi connectivity index (χ4v) is 3.71. The second kappa shape index (κ2) is 10.0. The molecule has 1 aromatic heterocycles. The van der Waals surface area contributed by atoms with Crippen molar-refractivity contribution in [3.05, 3.63) is 22.4 Å². The second-order valence-corrected chi connectivity index (χ2v) is 7.44. The highest BCUT2D eigenvalue weighted by Gasteiger charge is 2.23. The van der Waals surface area contributed by atoms with Crippen LogP contribution in [0.2, 0.25) is 0 Å². The van der Waals surface area contributed by atoms with Gasteiger partial charge in [-0.3, -0.25) is 0 Å². The largest absolute Gasteiger partial charge is 0.383 e. The zero-order valence-electron chi connectivity index (χ0n) is 15.1. The van der Waals surface area contributed by atoms with Gasteiger partial charge in [0.15, 0.2) is 5.96 Å². The average Bonchev–Trinajstić information content (AvgIpc) is 2.99. The van der Waals surface area contributed by atoms with Crippen LogP contribution in [0.3, 0.4) is 0 Å². The molecule has 0 saturated carbocycles. The van der Waals surface area contributed by atoms with Crippen LogP contribution in [0.5, 0.6) is 0 Å². The first-order valence-corrected chi connectivity index (χ1v) is 10.1. The molecule has 24 heavy (non-hydrogen) atoms. The number of hydrogen-bond donors (Lipinski definition) is 3. The monoisotopic (exact) mass is 352 g/mol. The van der Waals surface area contributed by atoms with Crippen LogP contribution < -0.4 is 10.6 Å². The van der Waals surface area contributed by atoms with Crippen molar-refractivity contribution < 1.29 is 5.11 Å². The summed E-state index contributed by atoms with van der Waals surface area (Å²) in [6, 6.07) is 1.96. The standard InChI is InChI=1S/C18H32N4OS/c1-3-19-17(20-9-12-22-10-6-4-5-7-11-22)21-15-18(2,23)16-8-13-24-14-16/h8,13-14,23H,3-7,9-12,15H2,1-2H3,(H2,19,20,21). The maximum atomic E-state index is 10.6. The molecule has 2 rings (SSSR count). The van der Waals surface area contributed by atoms with Crippen molar-refractivity contribution in [1.29, 1.82) is 0 Å². The van der Waals surface area contributed by atoms with E-state index in [2.05, 4.69) is 27.4 Å². The van der Waals surface area contributed by atoms with Crippen LogP contribution in [0.25, 0.3) is 0 Å². The molecule has 1 saturated heterocycles. The minimum absolute atomic E-state index is 0.350. The predicted octanol–water partition coefficient (Wildman–Crippen LogP) is 2.39. The number of aliphatic imine (C=N–C) groups is 1. The lowest BCUT2D eigenvalue weighted by Gasteiger charge is -2.22. The van der Waals surface area contributed by atoms with Gasteiger partial charge in [-0.15, -0.1) is 0 Å². The smallest absolute Gasteiger partial charge is 0.191 e. The summed E-state index contributed by atoms with van der Waals surface area (Å²) >= 11 is 1.60. The van der Waals surface area contributed by atoms with Crippen LogP contribution in [0.1, 0.15) is 45.1 Å². The Morgan fingerprint density at radius 3 is 2.67 bits per heavy atom. The van der Waals surface area contributed by atoms with Crippen molar-refractivity contribution in [2.45, 2.75) is 45.1 Å². The summed E-state index contributed by atoms with van der Waals surface area (Å²) in [6.07, 6.45) is 5.37. The second-order valence-electron chi connectivity index (χ2n) is 6.66. The third-order valence-corrected chi connectivity index (χ3v) is 5.13. The first-order valence-electron chi connectivity index (χ1n) is 9.11. The van der Waals surface area contributed by atoms with Gasteiger partial charge in [-0.1, -0.05) is 12.8 Å². The van der Waals surface area contributed by atoms with E-state index in [4.69, 9.17) is 0 Å². The van der Waals surface area contributed by atoms with Gasteiger partial charge in [-0.25, -0.2) is 4.99 Å². The van der Waals surface area contributed by atoms with E-state index in [-0.39, 0.29) is 0 Å². The van der Waals surface area contributed by atoms with Crippen LogP contribution in [-0.2, 0) is 5.60 Å². The average molecular weight is 353 g/mol. The van der Waals surface area contributed by atoms with E-state index < -0.39 is 5.60 Å². The van der Waals surface area contributed by atoms with E-state index >= 15 is 0 Å². The molecular weight excluding hydrogens is 320 g/mol. The van der Waals surface area contributed by atoms with Gasteiger partial charge < -0.3 is 20.6 Å². The van der Waals surface area contributed by atoms with Crippen molar-refractivity contribution in [2.24, 2.45) is 4.99 Å². The number of likely N-dealkylation sites (tertiary alicyclic amines) is 1. The molecule has 0 amide bonds. The Kier molecular flexibility index (Phi) is 8.02. The third-order valence-electron chi connectivity index (χ3n) is 4.45. The highest BCUT2D eigenvalue weighted by Crippen LogP contribution is 2.23. The van der Waals surface area contributed by atoms with Gasteiger partial charge in [-0.2, -0.15) is 11.3 Å². The Bertz CT molecular complexity index is 479. The van der Waals surface area contributed by atoms with E-state index in [0.717, 1.165) is 31.2 Å². The van der Waals surface area contributed by atoms with Crippen molar-refractivity contribution in [2.75, 3.05) is 39.3 Å². The summed E-state index contributed by atoms with van der Waals surface area (Å²) in [4.78, 5) is 7.11. The highest BCUT2D eigenvalue weighted by molar-refractivity contribution is 7.08. The van der Waals surface area contributed by atoms with E-state index in [1.54, 1.807) is 11.3 Å². The van der Waals surface area contributed by atoms with Crippen LogP contribution in [0, 0.1) is 0 Å². The quantitative estimate of drug-likeness (QED) is 0.521. The van der Waals surface area contributed by atoms with Crippen molar-refractivity contribution in [1.82, 2.24) is 15.5 Å². The van der Waals surface area contributed by atoms with Gasteiger partial charge in [0.05, 0.1) is 6.54 Å². The van der Waals surface area contributed by atoms with Gasteiger partial charge in [-0.05, 0) is 62.2 Å². The number of thiophene rings is 1. The van der Waals surface area contributed by atoms with Crippen LogP contribution >= 0.6 is 11.3 Å². The molecule has 0 radical (unpaired) electrons. The number of nitrogens with zero attached hydrogens (tertiary/aromatic N) is 2. The Balaban J connectivity index is 1.81. The molecule has 1 unspecified atom stereocenters. The number of guanidine groups is 1. The van der Waals surface area contributed by atoms with Gasteiger partial charge >= 0.3 is 0 Å². The van der Waals surface area contributed by atoms with E-state index in [9.17, 15) is 5.11 Å². The molecule has 1 atom stereocenters. The minimum Gasteiger partial charge on any atom is -0.383 e. The van der Waals surface area contributed by atoms with Gasteiger partial charge in [0.2, 0.25) is 0 Å². The third kappa shape index (κ3) is 6.42. The Morgan fingerprint density at radius 2 is 2.04 bits per heavy atom. The van der Waals surface area contributed by atoms with Crippen molar-refractivity contribution >= 4 is 17.3 Å². The van der Waals surface area contributed by atoms with E-state index in [1.165, 1.54) is 38.8 Å². The topological polar surface area (TPSA) is 59.9 Å². The molecule has 3 N–H and O–H groups in total. The molecule has 0 bridgehead atoms. The fourth-order valence-electron chi connectivity index (χ4n) is 2.93. The number of nitrogens with one attached hydrogen (secondary N) is 2. The molecule has 0 aliphatic carbocycles. The maximum absolute atomic E-state index is 10.6. The summed E-state index contributed by atoms with van der Waals surface area (Å²) < 4.78 is 0. The van der Waals surface area contributed by atoms with Crippen LogP contribution in [0.4, 0.5) is 0 Å². The van der Waals surface area contributed by atoms with E-state index in [0.29, 0.717) is 6.54 Å². The fraction of sp³-hybridized carbons (Fsp3) is 0.722. The zero-order valence-corrected chi connectivity index (χ0v) is 15.9. The summed E-state index contributed by atoms with van der Waals surface area (Å²) in [6.45, 7) is 9.39. The van der Waals surface area contributed by atoms with Crippen LogP contribution in [-0.4, -0.2) is 55.2 Å². The molecule has 0 spiro atoms. The van der Waals surface area contributed by atoms with Crippen molar-refractivity contribution in [3.63, 3.8) is 0 Å². The minimum atomic E-state index is -0.923. The molecule has 0 aromatic carbocycles. The summed E-state index contributed by atoms with van der Waals surface area (Å²) in [5.74, 6) is 0.780. The van der Waals surface area contributed by atoms with Crippen molar-refractivity contribution in [3.8, 4) is 0 Å². The first-order chi connectivity index (χ1) is 11.6. The molecule has 1 aliphatic rings. The molecule has 1 fully saturated rings. The zero-order chi connectivity index (χ0) is 17.3. The predicted molar refractivity (Wildman–Crippen MR) is 103 cm³/mol. The van der Waals surface area contributed by atoms with Gasteiger partial charge in [0, 0.05) is 19.6 Å². The number of rotatable bonds is 7. The highest BCUT2D eigenvalue weighted by atomic mass is 32.1. The molecule has 1 aromatic rings. The van der Waals surface area contributed by atoms with Crippen LogP contribution in [0.15, 0.2) is 21.8 Å². The van der Waals surface area contributed by atoms with Gasteiger partial charge in [0.25, 0.3) is 0 Å². The molecule has 136 valence electrons. The lowest BCUT2D eigenvalue weighted by molar-refractivity contribution is 0.0677. The molecule has 6 heteroatoms. The molecule has 1 aliphatic heterocycles. The van der Waals surface area contributed by atoms with E-state index in [1.807, 2.05) is 23.8 Å². The number of hydrogen-bond acceptors (Lipinski definition) is 4. The molecule has 2 heterocycles. The molecular formula is C18H32N4OS.